The molecule has 0 fully saturated rings. The van der Waals surface area contributed by atoms with Gasteiger partial charge in [0.1, 0.15) is 11.6 Å². The van der Waals surface area contributed by atoms with E-state index in [-0.39, 0.29) is 0 Å². The van der Waals surface area contributed by atoms with E-state index in [9.17, 15) is 0 Å². The molecule has 2 N–H and O–H groups in total. The van der Waals surface area contributed by atoms with E-state index >= 15 is 0 Å². The van der Waals surface area contributed by atoms with Gasteiger partial charge in [-0.3, -0.25) is 0 Å². The Hall–Kier alpha value is -1.83. The summed E-state index contributed by atoms with van der Waals surface area (Å²) in [6.45, 7) is 3.69. The topological polar surface area (TPSA) is 88.8 Å². The Morgan fingerprint density at radius 3 is 2.55 bits per heavy atom. The molecule has 2 aromatic heterocycles. The van der Waals surface area contributed by atoms with Crippen LogP contribution in [0.1, 0.15) is 19.2 Å². The van der Waals surface area contributed by atoms with Gasteiger partial charge in [0.2, 0.25) is 5.89 Å². The van der Waals surface area contributed by atoms with Crippen LogP contribution in [0.15, 0.2) is 22.1 Å². The highest BCUT2D eigenvalue weighted by Gasteiger charge is 2.04. The SMILES string of the molecule is CCCNc1cc(NCCc2ncno2)nc(SC)n1. The molecule has 0 aliphatic heterocycles. The highest BCUT2D eigenvalue weighted by Crippen LogP contribution is 2.17. The molecule has 0 saturated carbocycles. The van der Waals surface area contributed by atoms with Crippen molar-refractivity contribution in [2.75, 3.05) is 30.0 Å². The summed E-state index contributed by atoms with van der Waals surface area (Å²) in [7, 11) is 0. The van der Waals surface area contributed by atoms with Gasteiger partial charge in [-0.1, -0.05) is 23.8 Å². The van der Waals surface area contributed by atoms with Gasteiger partial charge in [-0.05, 0) is 12.7 Å². The number of hydrogen-bond acceptors (Lipinski definition) is 8. The molecule has 0 aromatic carbocycles. The summed E-state index contributed by atoms with van der Waals surface area (Å²) in [6.07, 6.45) is 5.08. The molecule has 0 aliphatic carbocycles. The zero-order valence-corrected chi connectivity index (χ0v) is 12.4. The minimum atomic E-state index is 0.612. The Balaban J connectivity index is 1.94. The lowest BCUT2D eigenvalue weighted by Crippen LogP contribution is -2.09. The quantitative estimate of drug-likeness (QED) is 0.565. The van der Waals surface area contributed by atoms with Crippen LogP contribution in [0, 0.1) is 0 Å². The Bertz CT molecular complexity index is 519. The molecule has 0 amide bonds. The lowest BCUT2D eigenvalue weighted by atomic mass is 10.4. The molecule has 0 atom stereocenters. The fraction of sp³-hybridized carbons (Fsp3) is 0.500. The molecule has 2 heterocycles. The summed E-state index contributed by atoms with van der Waals surface area (Å²) < 4.78 is 4.94. The van der Waals surface area contributed by atoms with Crippen LogP contribution in [0.3, 0.4) is 0 Å². The van der Waals surface area contributed by atoms with Gasteiger partial charge in [0, 0.05) is 25.6 Å². The van der Waals surface area contributed by atoms with Crippen molar-refractivity contribution in [1.29, 1.82) is 0 Å². The third-order valence-electron chi connectivity index (χ3n) is 2.50. The summed E-state index contributed by atoms with van der Waals surface area (Å²) >= 11 is 1.52. The van der Waals surface area contributed by atoms with Gasteiger partial charge in [0.25, 0.3) is 0 Å². The van der Waals surface area contributed by atoms with E-state index in [1.165, 1.54) is 18.1 Å². The van der Waals surface area contributed by atoms with Crippen molar-refractivity contribution >= 4 is 23.4 Å². The predicted octanol–water partition coefficient (Wildman–Crippen LogP) is 2.06. The number of nitrogens with zero attached hydrogens (tertiary/aromatic N) is 4. The fourth-order valence-corrected chi connectivity index (χ4v) is 1.93. The first-order chi connectivity index (χ1) is 9.81. The van der Waals surface area contributed by atoms with E-state index in [0.717, 1.165) is 29.8 Å². The summed E-state index contributed by atoms with van der Waals surface area (Å²) in [6, 6.07) is 1.91. The third-order valence-corrected chi connectivity index (χ3v) is 3.04. The summed E-state index contributed by atoms with van der Waals surface area (Å²) in [5.74, 6) is 2.25. The van der Waals surface area contributed by atoms with E-state index in [0.29, 0.717) is 18.9 Å². The lowest BCUT2D eigenvalue weighted by molar-refractivity contribution is 0.379. The molecule has 0 unspecified atom stereocenters. The maximum absolute atomic E-state index is 4.94. The van der Waals surface area contributed by atoms with Crippen LogP contribution < -0.4 is 10.6 Å². The minimum Gasteiger partial charge on any atom is -0.370 e. The molecule has 2 aromatic rings. The van der Waals surface area contributed by atoms with Crippen LogP contribution in [0.25, 0.3) is 0 Å². The van der Waals surface area contributed by atoms with Crippen LogP contribution in [0.5, 0.6) is 0 Å². The van der Waals surface area contributed by atoms with Crippen LogP contribution in [0.4, 0.5) is 11.6 Å². The smallest absolute Gasteiger partial charge is 0.228 e. The number of hydrogen-bond donors (Lipinski definition) is 2. The van der Waals surface area contributed by atoms with Gasteiger partial charge < -0.3 is 15.2 Å². The van der Waals surface area contributed by atoms with E-state index in [1.54, 1.807) is 0 Å². The molecule has 108 valence electrons. The van der Waals surface area contributed by atoms with Gasteiger partial charge in [-0.25, -0.2) is 9.97 Å². The summed E-state index contributed by atoms with van der Waals surface area (Å²) in [5.41, 5.74) is 0. The van der Waals surface area contributed by atoms with Gasteiger partial charge >= 0.3 is 0 Å². The predicted molar refractivity (Wildman–Crippen MR) is 79.1 cm³/mol. The van der Waals surface area contributed by atoms with Crippen molar-refractivity contribution in [3.8, 4) is 0 Å². The number of thioether (sulfide) groups is 1. The second-order valence-corrected chi connectivity index (χ2v) is 4.84. The average Bonchev–Trinajstić information content (AvgIpc) is 2.98. The fourth-order valence-electron chi connectivity index (χ4n) is 1.55. The van der Waals surface area contributed by atoms with E-state index in [4.69, 9.17) is 4.52 Å². The molecule has 8 heteroatoms. The zero-order valence-electron chi connectivity index (χ0n) is 11.6. The molecule has 0 radical (unpaired) electrons. The van der Waals surface area contributed by atoms with E-state index in [2.05, 4.69) is 37.7 Å². The number of rotatable bonds is 8. The molecule has 0 bridgehead atoms. The van der Waals surface area contributed by atoms with Crippen LogP contribution >= 0.6 is 11.8 Å². The maximum atomic E-state index is 4.94. The molecular weight excluding hydrogens is 276 g/mol. The normalized spacial score (nSPS) is 10.5. The second-order valence-electron chi connectivity index (χ2n) is 4.06. The third kappa shape index (κ3) is 4.37. The van der Waals surface area contributed by atoms with E-state index < -0.39 is 0 Å². The zero-order chi connectivity index (χ0) is 14.2. The molecular formula is C12H18N6OS. The Labute approximate surface area is 122 Å². The van der Waals surface area contributed by atoms with Crippen molar-refractivity contribution in [3.63, 3.8) is 0 Å². The van der Waals surface area contributed by atoms with Crippen LogP contribution in [-0.4, -0.2) is 39.5 Å². The molecule has 0 saturated heterocycles. The largest absolute Gasteiger partial charge is 0.370 e. The molecule has 2 rings (SSSR count). The highest BCUT2D eigenvalue weighted by atomic mass is 32.2. The van der Waals surface area contributed by atoms with Crippen molar-refractivity contribution in [2.45, 2.75) is 24.9 Å². The summed E-state index contributed by atoms with van der Waals surface area (Å²) in [5, 5.41) is 10.8. The molecule has 7 nitrogen and oxygen atoms in total. The minimum absolute atomic E-state index is 0.612. The van der Waals surface area contributed by atoms with Crippen molar-refractivity contribution in [3.05, 3.63) is 18.3 Å². The maximum Gasteiger partial charge on any atom is 0.228 e. The molecule has 20 heavy (non-hydrogen) atoms. The van der Waals surface area contributed by atoms with Crippen molar-refractivity contribution in [1.82, 2.24) is 20.1 Å². The van der Waals surface area contributed by atoms with Crippen LogP contribution in [-0.2, 0) is 6.42 Å². The number of nitrogens with one attached hydrogen (secondary N) is 2. The number of anilines is 2. The standard InChI is InChI=1S/C12H18N6OS/c1-3-5-13-9-7-10(18-12(17-9)20-2)14-6-4-11-15-8-16-19-11/h7-8H,3-6H2,1-2H3,(H2,13,14,17,18). The lowest BCUT2D eigenvalue weighted by Gasteiger charge is -2.09. The summed E-state index contributed by atoms with van der Waals surface area (Å²) in [4.78, 5) is 12.8. The van der Waals surface area contributed by atoms with Gasteiger partial charge in [-0.15, -0.1) is 0 Å². The van der Waals surface area contributed by atoms with Crippen molar-refractivity contribution < 1.29 is 4.52 Å². The Morgan fingerprint density at radius 2 is 1.95 bits per heavy atom. The first kappa shape index (κ1) is 14.6. The van der Waals surface area contributed by atoms with E-state index in [1.807, 2.05) is 12.3 Å². The Morgan fingerprint density at radius 1 is 1.20 bits per heavy atom. The highest BCUT2D eigenvalue weighted by molar-refractivity contribution is 7.98. The average molecular weight is 294 g/mol. The second kappa shape index (κ2) is 7.68. The van der Waals surface area contributed by atoms with Gasteiger partial charge in [0.05, 0.1) is 0 Å². The number of aromatic nitrogens is 4. The monoisotopic (exact) mass is 294 g/mol. The van der Waals surface area contributed by atoms with Gasteiger partial charge in [0.15, 0.2) is 11.5 Å². The van der Waals surface area contributed by atoms with Gasteiger partial charge in [-0.2, -0.15) is 4.98 Å². The molecule has 0 aliphatic rings. The first-order valence-electron chi connectivity index (χ1n) is 6.48. The first-order valence-corrected chi connectivity index (χ1v) is 7.70. The van der Waals surface area contributed by atoms with Crippen LogP contribution in [0.2, 0.25) is 0 Å². The molecule has 0 spiro atoms. The van der Waals surface area contributed by atoms with Crippen molar-refractivity contribution in [2.24, 2.45) is 0 Å². The Kier molecular flexibility index (Phi) is 5.60.